The maximum atomic E-state index is 13.4. The fourth-order valence-corrected chi connectivity index (χ4v) is 3.53. The van der Waals surface area contributed by atoms with Crippen LogP contribution in [-0.4, -0.2) is 18.5 Å². The molecule has 3 rings (SSSR count). The van der Waals surface area contributed by atoms with Crippen molar-refractivity contribution >= 4 is 23.6 Å². The van der Waals surface area contributed by atoms with Gasteiger partial charge in [0.2, 0.25) is 0 Å². The molecule has 0 saturated heterocycles. The number of rotatable bonds is 4. The summed E-state index contributed by atoms with van der Waals surface area (Å²) in [7, 11) is 0. The van der Waals surface area contributed by atoms with Crippen molar-refractivity contribution in [3.8, 4) is 0 Å². The van der Waals surface area contributed by atoms with E-state index < -0.39 is 5.97 Å². The predicted molar refractivity (Wildman–Crippen MR) is 121 cm³/mol. The predicted octanol–water partition coefficient (Wildman–Crippen LogP) is 5.56. The van der Waals surface area contributed by atoms with Crippen molar-refractivity contribution in [2.24, 2.45) is 0 Å². The van der Waals surface area contributed by atoms with Gasteiger partial charge < -0.3 is 4.74 Å². The number of hydrogen-bond donors (Lipinski definition) is 0. The molecular weight excluding hydrogens is 374 g/mol. The van der Waals surface area contributed by atoms with Crippen LogP contribution in [0.4, 0.5) is 5.69 Å². The molecular formula is C26H29NO3. The molecule has 1 aliphatic heterocycles. The van der Waals surface area contributed by atoms with E-state index in [9.17, 15) is 9.59 Å². The van der Waals surface area contributed by atoms with E-state index in [-0.39, 0.29) is 17.9 Å². The first kappa shape index (κ1) is 21.6. The Bertz CT molecular complexity index is 1020. The number of hydrogen-bond acceptors (Lipinski definition) is 3. The zero-order chi connectivity index (χ0) is 22.1. The highest BCUT2D eigenvalue weighted by molar-refractivity contribution is 6.23. The number of amides is 1. The number of allylic oxidation sites excluding steroid dienone is 1. The first-order chi connectivity index (χ1) is 14.1. The highest BCUT2D eigenvalue weighted by atomic mass is 16.5. The van der Waals surface area contributed by atoms with Crippen LogP contribution in [0, 0.1) is 6.92 Å². The minimum atomic E-state index is -0.476. The van der Waals surface area contributed by atoms with Crippen LogP contribution in [0.15, 0.2) is 65.4 Å². The third kappa shape index (κ3) is 4.23. The highest BCUT2D eigenvalue weighted by Crippen LogP contribution is 2.35. The number of anilines is 1. The van der Waals surface area contributed by atoms with Gasteiger partial charge in [-0.3, -0.25) is 9.69 Å². The number of nitrogens with zero attached hydrogens (tertiary/aromatic N) is 1. The molecule has 30 heavy (non-hydrogen) atoms. The zero-order valence-corrected chi connectivity index (χ0v) is 18.6. The van der Waals surface area contributed by atoms with Crippen LogP contribution in [0.2, 0.25) is 0 Å². The fourth-order valence-electron chi connectivity index (χ4n) is 3.53. The molecule has 0 bridgehead atoms. The van der Waals surface area contributed by atoms with E-state index in [4.69, 9.17) is 4.74 Å². The third-order valence-electron chi connectivity index (χ3n) is 5.26. The molecule has 1 amide bonds. The number of ether oxygens (including phenoxy) is 1. The Kier molecular flexibility index (Phi) is 5.97. The van der Waals surface area contributed by atoms with Gasteiger partial charge >= 0.3 is 5.97 Å². The van der Waals surface area contributed by atoms with E-state index in [1.165, 1.54) is 5.56 Å². The van der Waals surface area contributed by atoms with Crippen LogP contribution in [0.25, 0.3) is 6.08 Å². The lowest BCUT2D eigenvalue weighted by Gasteiger charge is -2.19. The van der Waals surface area contributed by atoms with Gasteiger partial charge in [-0.25, -0.2) is 4.79 Å². The van der Waals surface area contributed by atoms with E-state index in [0.717, 1.165) is 16.8 Å². The minimum absolute atomic E-state index is 0.0453. The van der Waals surface area contributed by atoms with Gasteiger partial charge in [-0.15, -0.1) is 0 Å². The van der Waals surface area contributed by atoms with E-state index in [1.54, 1.807) is 24.8 Å². The second-order valence-electron chi connectivity index (χ2n) is 8.59. The molecule has 2 aromatic carbocycles. The third-order valence-corrected chi connectivity index (χ3v) is 5.26. The molecule has 0 aromatic heterocycles. The quantitative estimate of drug-likeness (QED) is 0.496. The molecule has 0 aliphatic carbocycles. The Balaban J connectivity index is 2.07. The second kappa shape index (κ2) is 8.31. The van der Waals surface area contributed by atoms with Gasteiger partial charge in [-0.2, -0.15) is 0 Å². The van der Waals surface area contributed by atoms with Crippen molar-refractivity contribution < 1.29 is 14.3 Å². The molecule has 4 nitrogen and oxygen atoms in total. The van der Waals surface area contributed by atoms with Gasteiger partial charge in [0.1, 0.15) is 0 Å². The second-order valence-corrected chi connectivity index (χ2v) is 8.59. The smallest absolute Gasteiger partial charge is 0.340 e. The van der Waals surface area contributed by atoms with Gasteiger partial charge in [-0.1, -0.05) is 62.7 Å². The van der Waals surface area contributed by atoms with Crippen LogP contribution >= 0.6 is 0 Å². The van der Waals surface area contributed by atoms with Gasteiger partial charge in [0.05, 0.1) is 17.8 Å². The monoisotopic (exact) mass is 403 g/mol. The van der Waals surface area contributed by atoms with Crippen molar-refractivity contribution in [3.05, 3.63) is 82.1 Å². The lowest BCUT2D eigenvalue weighted by molar-refractivity contribution is -0.138. The molecule has 0 atom stereocenters. The topological polar surface area (TPSA) is 46.6 Å². The number of aryl methyl sites for hydroxylation is 1. The van der Waals surface area contributed by atoms with E-state index in [1.807, 2.05) is 43.3 Å². The van der Waals surface area contributed by atoms with Crippen LogP contribution in [0.3, 0.4) is 0 Å². The summed E-state index contributed by atoms with van der Waals surface area (Å²) in [4.78, 5) is 27.7. The first-order valence-corrected chi connectivity index (χ1v) is 10.2. The Hall–Kier alpha value is -3.14. The van der Waals surface area contributed by atoms with Crippen LogP contribution in [-0.2, 0) is 19.7 Å². The maximum Gasteiger partial charge on any atom is 0.340 e. The average Bonchev–Trinajstić information content (AvgIpc) is 2.92. The molecule has 1 aliphatic rings. The summed E-state index contributed by atoms with van der Waals surface area (Å²) in [5, 5.41) is 0. The largest absolute Gasteiger partial charge is 0.462 e. The normalized spacial score (nSPS) is 15.9. The molecule has 0 radical (unpaired) electrons. The molecule has 2 aromatic rings. The Morgan fingerprint density at radius 3 is 2.13 bits per heavy atom. The van der Waals surface area contributed by atoms with Crippen molar-refractivity contribution in [3.63, 3.8) is 0 Å². The van der Waals surface area contributed by atoms with Crippen molar-refractivity contribution in [2.75, 3.05) is 11.5 Å². The Morgan fingerprint density at radius 1 is 1.00 bits per heavy atom. The lowest BCUT2D eigenvalue weighted by Crippen LogP contribution is -2.24. The molecule has 0 N–H and O–H groups in total. The van der Waals surface area contributed by atoms with Crippen molar-refractivity contribution in [2.45, 2.75) is 47.0 Å². The fraction of sp³-hybridized carbons (Fsp3) is 0.308. The molecule has 0 fully saturated rings. The standard InChI is InChI=1S/C26H29NO3/c1-7-30-25(29)23-18(3)27(21-14-8-17(2)9-15-21)24(28)22(23)16-19-10-12-20(13-11-19)26(4,5)6/h8-16H,7H2,1-6H3/b22-16-. The molecule has 156 valence electrons. The molecule has 0 spiro atoms. The summed E-state index contributed by atoms with van der Waals surface area (Å²) in [6.07, 6.45) is 1.78. The van der Waals surface area contributed by atoms with Crippen molar-refractivity contribution in [1.29, 1.82) is 0 Å². The van der Waals surface area contributed by atoms with Gasteiger partial charge in [0.15, 0.2) is 0 Å². The van der Waals surface area contributed by atoms with Crippen molar-refractivity contribution in [1.82, 2.24) is 0 Å². The summed E-state index contributed by atoms with van der Waals surface area (Å²) in [5.41, 5.74) is 5.22. The van der Waals surface area contributed by atoms with Crippen LogP contribution in [0.1, 0.15) is 51.3 Å². The molecule has 0 unspecified atom stereocenters. The SMILES string of the molecule is CCOC(=O)C1=C(C)N(c2ccc(C)cc2)C(=O)/C1=C\c1ccc(C(C)(C)C)cc1. The van der Waals surface area contributed by atoms with E-state index in [0.29, 0.717) is 16.8 Å². The number of carbonyl (C=O) groups excluding carboxylic acids is 2. The summed E-state index contributed by atoms with van der Waals surface area (Å²) in [6.45, 7) is 12.3. The molecule has 1 heterocycles. The summed E-state index contributed by atoms with van der Waals surface area (Å²) >= 11 is 0. The zero-order valence-electron chi connectivity index (χ0n) is 18.6. The van der Waals surface area contributed by atoms with Gasteiger partial charge in [-0.05, 0) is 55.5 Å². The number of carbonyl (C=O) groups is 2. The summed E-state index contributed by atoms with van der Waals surface area (Å²) in [6, 6.07) is 15.8. The van der Waals surface area contributed by atoms with Crippen LogP contribution < -0.4 is 4.90 Å². The lowest BCUT2D eigenvalue weighted by atomic mass is 9.86. The minimum Gasteiger partial charge on any atom is -0.462 e. The highest BCUT2D eigenvalue weighted by Gasteiger charge is 2.38. The maximum absolute atomic E-state index is 13.4. The summed E-state index contributed by atoms with van der Waals surface area (Å²) < 4.78 is 5.26. The van der Waals surface area contributed by atoms with E-state index in [2.05, 4.69) is 32.9 Å². The van der Waals surface area contributed by atoms with Gasteiger partial charge in [0.25, 0.3) is 5.91 Å². The molecule has 0 saturated carbocycles. The number of esters is 1. The molecule has 4 heteroatoms. The van der Waals surface area contributed by atoms with Gasteiger partial charge in [0, 0.05) is 11.4 Å². The Labute approximate surface area is 178 Å². The number of benzene rings is 2. The first-order valence-electron chi connectivity index (χ1n) is 10.2. The van der Waals surface area contributed by atoms with E-state index >= 15 is 0 Å². The summed E-state index contributed by atoms with van der Waals surface area (Å²) in [5.74, 6) is -0.699. The Morgan fingerprint density at radius 2 is 1.60 bits per heavy atom. The van der Waals surface area contributed by atoms with Crippen LogP contribution in [0.5, 0.6) is 0 Å². The average molecular weight is 404 g/mol.